The lowest BCUT2D eigenvalue weighted by molar-refractivity contribution is -0.140. The molecule has 144 valence electrons. The van der Waals surface area contributed by atoms with Crippen LogP contribution in [0.25, 0.3) is 0 Å². The maximum absolute atomic E-state index is 13.5. The van der Waals surface area contributed by atoms with E-state index in [-0.39, 0.29) is 40.5 Å². The number of fused-ring (bicyclic) bond motifs is 2. The van der Waals surface area contributed by atoms with Crippen LogP contribution in [0.2, 0.25) is 0 Å². The minimum Gasteiger partial charge on any atom is -0.469 e. The van der Waals surface area contributed by atoms with Crippen molar-refractivity contribution in [3.05, 3.63) is 52.6 Å². The minimum absolute atomic E-state index is 0.0703. The number of ether oxygens (including phenoxy) is 3. The summed E-state index contributed by atoms with van der Waals surface area (Å²) >= 11 is 0. The highest BCUT2D eigenvalue weighted by Crippen LogP contribution is 2.53. The molecule has 0 fully saturated rings. The number of carbonyl (C=O) groups excluding carboxylic acids is 3. The maximum Gasteiger partial charge on any atom is 0.337 e. The molecule has 0 unspecified atom stereocenters. The molecule has 0 aliphatic carbocycles. The monoisotopic (exact) mass is 383 g/mol. The van der Waals surface area contributed by atoms with Gasteiger partial charge in [-0.25, -0.2) is 4.79 Å². The quantitative estimate of drug-likeness (QED) is 0.745. The van der Waals surface area contributed by atoms with Gasteiger partial charge in [0.2, 0.25) is 11.8 Å². The van der Waals surface area contributed by atoms with Crippen molar-refractivity contribution in [3.8, 4) is 11.8 Å². The first-order valence-corrected chi connectivity index (χ1v) is 8.19. The Morgan fingerprint density at radius 2 is 1.96 bits per heavy atom. The Morgan fingerprint density at radius 3 is 2.57 bits per heavy atom. The molecule has 0 saturated heterocycles. The third kappa shape index (κ3) is 2.35. The number of benzene rings is 1. The minimum atomic E-state index is -1.88. The zero-order chi connectivity index (χ0) is 20.6. The van der Waals surface area contributed by atoms with Crippen LogP contribution in [0.1, 0.15) is 12.0 Å². The van der Waals surface area contributed by atoms with Crippen LogP contribution in [0.3, 0.4) is 0 Å². The van der Waals surface area contributed by atoms with Crippen LogP contribution < -0.4 is 10.5 Å². The van der Waals surface area contributed by atoms with Gasteiger partial charge in [0.15, 0.2) is 5.41 Å². The molecule has 1 atom stereocenters. The van der Waals surface area contributed by atoms with Crippen molar-refractivity contribution in [1.29, 1.82) is 5.26 Å². The van der Waals surface area contributed by atoms with Gasteiger partial charge in [-0.3, -0.25) is 9.59 Å². The summed E-state index contributed by atoms with van der Waals surface area (Å²) < 4.78 is 15.1. The summed E-state index contributed by atoms with van der Waals surface area (Å²) in [6.45, 7) is 0. The number of carbonyl (C=O) groups is 3. The van der Waals surface area contributed by atoms with E-state index < -0.39 is 23.3 Å². The van der Waals surface area contributed by atoms with E-state index in [0.29, 0.717) is 0 Å². The molecule has 0 saturated carbocycles. The zero-order valence-corrected chi connectivity index (χ0v) is 15.4. The number of esters is 2. The van der Waals surface area contributed by atoms with Crippen molar-refractivity contribution >= 4 is 17.8 Å². The van der Waals surface area contributed by atoms with Gasteiger partial charge < -0.3 is 24.8 Å². The summed E-state index contributed by atoms with van der Waals surface area (Å²) in [6, 6.07) is 8.34. The number of nitrogens with two attached hydrogens (primary N) is 1. The molecule has 0 aromatic heterocycles. The average Bonchev–Trinajstić information content (AvgIpc) is 2.90. The van der Waals surface area contributed by atoms with Crippen molar-refractivity contribution in [1.82, 2.24) is 4.90 Å². The summed E-state index contributed by atoms with van der Waals surface area (Å²) in [7, 11) is 3.74. The van der Waals surface area contributed by atoms with Gasteiger partial charge in [0.25, 0.3) is 0 Å². The molecule has 2 heterocycles. The smallest absolute Gasteiger partial charge is 0.337 e. The van der Waals surface area contributed by atoms with E-state index in [1.54, 1.807) is 24.3 Å². The highest BCUT2D eigenvalue weighted by molar-refractivity contribution is 6.13. The van der Waals surface area contributed by atoms with Crippen LogP contribution in [-0.2, 0) is 29.3 Å². The van der Waals surface area contributed by atoms with Gasteiger partial charge in [-0.2, -0.15) is 5.26 Å². The number of nitrogens with zero attached hydrogens (tertiary/aromatic N) is 2. The Kier molecular flexibility index (Phi) is 4.56. The highest BCUT2D eigenvalue weighted by atomic mass is 16.5. The number of hydrogen-bond donors (Lipinski definition) is 1. The largest absolute Gasteiger partial charge is 0.469 e. The average molecular weight is 383 g/mol. The molecule has 1 aromatic rings. The van der Waals surface area contributed by atoms with Gasteiger partial charge in [0, 0.05) is 18.3 Å². The van der Waals surface area contributed by atoms with Crippen molar-refractivity contribution < 1.29 is 28.6 Å². The molecule has 0 radical (unpaired) electrons. The summed E-state index contributed by atoms with van der Waals surface area (Å²) in [5, 5.41) is 9.80. The topological polar surface area (TPSA) is 132 Å². The lowest BCUT2D eigenvalue weighted by Crippen LogP contribution is -2.46. The third-order valence-corrected chi connectivity index (χ3v) is 4.87. The van der Waals surface area contributed by atoms with E-state index in [9.17, 15) is 19.6 Å². The van der Waals surface area contributed by atoms with Crippen molar-refractivity contribution in [3.63, 3.8) is 0 Å². The number of methoxy groups -OCH3 is 2. The van der Waals surface area contributed by atoms with Gasteiger partial charge in [-0.15, -0.1) is 0 Å². The van der Waals surface area contributed by atoms with Crippen LogP contribution in [0.5, 0.6) is 5.75 Å². The van der Waals surface area contributed by atoms with Crippen LogP contribution in [-0.4, -0.2) is 44.0 Å². The first-order chi connectivity index (χ1) is 13.3. The van der Waals surface area contributed by atoms with Gasteiger partial charge in [-0.05, 0) is 6.07 Å². The molecule has 3 rings (SSSR count). The number of hydrogen-bond acceptors (Lipinski definition) is 8. The molecule has 1 amide bonds. The summed E-state index contributed by atoms with van der Waals surface area (Å²) in [5.74, 6) is -2.23. The standard InChI is InChI=1S/C19H17N3O6/c1-22-12(8-14(23)26-2)15(17(24)27-3)19(18(22)25)10-6-4-5-7-13(10)28-16(21)11(19)9-20/h4-7H,8,21H2,1-3H3/t19-/m1/s1. The highest BCUT2D eigenvalue weighted by Gasteiger charge is 2.62. The normalized spacial score (nSPS) is 20.6. The van der Waals surface area contributed by atoms with E-state index in [1.807, 2.05) is 6.07 Å². The van der Waals surface area contributed by atoms with Crippen molar-refractivity contribution in [2.75, 3.05) is 21.3 Å². The molecule has 2 aliphatic rings. The number of para-hydroxylation sites is 1. The molecule has 9 nitrogen and oxygen atoms in total. The van der Waals surface area contributed by atoms with Crippen molar-refractivity contribution in [2.45, 2.75) is 11.8 Å². The summed E-state index contributed by atoms with van der Waals surface area (Å²) in [4.78, 5) is 39.4. The molecule has 28 heavy (non-hydrogen) atoms. The molecule has 1 aromatic carbocycles. The number of nitriles is 1. The molecular formula is C19H17N3O6. The fourth-order valence-electron chi connectivity index (χ4n) is 3.63. The SMILES string of the molecule is COC(=O)CC1=C(C(=O)OC)[C@]2(C(=O)N1C)C(C#N)=C(N)Oc1ccccc12. The second kappa shape index (κ2) is 6.74. The Labute approximate surface area is 160 Å². The van der Waals surface area contributed by atoms with E-state index >= 15 is 0 Å². The second-order valence-electron chi connectivity index (χ2n) is 6.13. The second-order valence-corrected chi connectivity index (χ2v) is 6.13. The molecule has 1 spiro atoms. The van der Waals surface area contributed by atoms with Crippen LogP contribution in [0.4, 0.5) is 0 Å². The molecular weight excluding hydrogens is 366 g/mol. The lowest BCUT2D eigenvalue weighted by atomic mass is 9.68. The van der Waals surface area contributed by atoms with E-state index in [0.717, 1.165) is 12.0 Å². The number of amides is 1. The lowest BCUT2D eigenvalue weighted by Gasteiger charge is -2.34. The summed E-state index contributed by atoms with van der Waals surface area (Å²) in [6.07, 6.45) is -0.368. The fourth-order valence-corrected chi connectivity index (χ4v) is 3.63. The van der Waals surface area contributed by atoms with Crippen molar-refractivity contribution in [2.24, 2.45) is 5.73 Å². The van der Waals surface area contributed by atoms with Gasteiger partial charge in [-0.1, -0.05) is 18.2 Å². The first-order valence-electron chi connectivity index (χ1n) is 8.19. The van der Waals surface area contributed by atoms with Crippen LogP contribution in [0.15, 0.2) is 47.0 Å². The Balaban J connectivity index is 2.45. The van der Waals surface area contributed by atoms with E-state index in [4.69, 9.17) is 15.2 Å². The fraction of sp³-hybridized carbons (Fsp3) is 0.263. The van der Waals surface area contributed by atoms with Crippen LogP contribution >= 0.6 is 0 Å². The predicted octanol–water partition coefficient (Wildman–Crippen LogP) is 0.473. The van der Waals surface area contributed by atoms with E-state index in [1.165, 1.54) is 14.2 Å². The molecule has 2 aliphatic heterocycles. The Hall–Kier alpha value is -3.80. The molecule has 9 heteroatoms. The molecule has 2 N–H and O–H groups in total. The zero-order valence-electron chi connectivity index (χ0n) is 15.4. The van der Waals surface area contributed by atoms with E-state index in [2.05, 4.69) is 4.74 Å². The Morgan fingerprint density at radius 1 is 1.29 bits per heavy atom. The Bertz CT molecular complexity index is 1000. The number of rotatable bonds is 3. The molecule has 0 bridgehead atoms. The van der Waals surface area contributed by atoms with Gasteiger partial charge in [0.1, 0.15) is 17.4 Å². The first kappa shape index (κ1) is 19.0. The third-order valence-electron chi connectivity index (χ3n) is 4.87. The summed E-state index contributed by atoms with van der Waals surface area (Å²) in [5.41, 5.74) is 3.99. The van der Waals surface area contributed by atoms with Gasteiger partial charge in [0.05, 0.1) is 26.2 Å². The van der Waals surface area contributed by atoms with Crippen LogP contribution in [0, 0.1) is 11.3 Å². The number of likely N-dealkylation sites (N-methyl/N-ethyl adjacent to an activating group) is 1. The predicted molar refractivity (Wildman–Crippen MR) is 94.0 cm³/mol. The maximum atomic E-state index is 13.5. The van der Waals surface area contributed by atoms with Gasteiger partial charge >= 0.3 is 11.9 Å².